The first-order valence-corrected chi connectivity index (χ1v) is 9.49. The van der Waals surface area contributed by atoms with Gasteiger partial charge in [-0.05, 0) is 57.9 Å². The number of carbonyl (C=O) groups excluding carboxylic acids is 1. The monoisotopic (exact) mass is 469 g/mol. The molecule has 0 heterocycles. The van der Waals surface area contributed by atoms with E-state index in [-0.39, 0.29) is 23.7 Å². The van der Waals surface area contributed by atoms with Crippen LogP contribution in [-0.4, -0.2) is 16.7 Å². The van der Waals surface area contributed by atoms with Gasteiger partial charge in [-0.25, -0.2) is 4.79 Å². The molecule has 0 amide bonds. The van der Waals surface area contributed by atoms with Gasteiger partial charge in [0.25, 0.3) is 5.69 Å². The van der Waals surface area contributed by atoms with Crippen LogP contribution in [0.3, 0.4) is 0 Å². The number of carbonyl (C=O) groups is 1. The van der Waals surface area contributed by atoms with Crippen molar-refractivity contribution in [3.05, 3.63) is 104 Å². The summed E-state index contributed by atoms with van der Waals surface area (Å²) in [6.07, 6.45) is 0. The van der Waals surface area contributed by atoms with Crippen molar-refractivity contribution in [1.29, 1.82) is 0 Å². The van der Waals surface area contributed by atoms with Crippen LogP contribution in [0.5, 0.6) is 5.75 Å². The van der Waals surface area contributed by atoms with E-state index in [1.54, 1.807) is 18.2 Å². The molecule has 3 aromatic carbocycles. The zero-order chi connectivity index (χ0) is 21.5. The third kappa shape index (κ3) is 5.42. The fourth-order valence-electron chi connectivity index (χ4n) is 2.46. The molecule has 152 valence electrons. The van der Waals surface area contributed by atoms with Crippen LogP contribution in [0.2, 0.25) is 0 Å². The molecule has 8 nitrogen and oxygen atoms in total. The summed E-state index contributed by atoms with van der Waals surface area (Å²) in [5, 5.41) is 14.3. The van der Waals surface area contributed by atoms with Crippen molar-refractivity contribution in [1.82, 2.24) is 0 Å². The number of amidine groups is 1. The van der Waals surface area contributed by atoms with Gasteiger partial charge in [0.15, 0.2) is 5.84 Å². The van der Waals surface area contributed by atoms with Crippen molar-refractivity contribution in [2.24, 2.45) is 10.9 Å². The molecule has 3 rings (SSSR count). The first-order chi connectivity index (χ1) is 14.4. The molecule has 0 aromatic heterocycles. The Morgan fingerprint density at radius 2 is 1.77 bits per heavy atom. The van der Waals surface area contributed by atoms with E-state index in [9.17, 15) is 14.9 Å². The zero-order valence-electron chi connectivity index (χ0n) is 15.5. The van der Waals surface area contributed by atoms with Crippen LogP contribution in [-0.2, 0) is 11.4 Å². The predicted octanol–water partition coefficient (Wildman–Crippen LogP) is 4.41. The normalized spacial score (nSPS) is 11.0. The van der Waals surface area contributed by atoms with Gasteiger partial charge in [-0.3, -0.25) is 10.1 Å². The van der Waals surface area contributed by atoms with E-state index >= 15 is 0 Å². The van der Waals surface area contributed by atoms with Crippen LogP contribution in [0, 0.1) is 10.1 Å². The Morgan fingerprint density at radius 3 is 2.47 bits per heavy atom. The molecule has 0 fully saturated rings. The Labute approximate surface area is 180 Å². The van der Waals surface area contributed by atoms with Gasteiger partial charge in [0.2, 0.25) is 0 Å². The molecule has 0 radical (unpaired) electrons. The lowest BCUT2D eigenvalue weighted by Gasteiger charge is -2.08. The number of nitro benzene ring substituents is 1. The van der Waals surface area contributed by atoms with E-state index in [1.165, 1.54) is 24.3 Å². The topological polar surface area (TPSA) is 117 Å². The maximum Gasteiger partial charge on any atom is 0.365 e. The van der Waals surface area contributed by atoms with Crippen molar-refractivity contribution in [2.45, 2.75) is 6.61 Å². The quantitative estimate of drug-likeness (QED) is 0.180. The van der Waals surface area contributed by atoms with E-state index in [4.69, 9.17) is 15.3 Å². The minimum atomic E-state index is -0.692. The van der Waals surface area contributed by atoms with Crippen molar-refractivity contribution in [3.63, 3.8) is 0 Å². The highest BCUT2D eigenvalue weighted by Crippen LogP contribution is 2.24. The number of nitro groups is 1. The number of ether oxygens (including phenoxy) is 1. The maximum atomic E-state index is 12.3. The van der Waals surface area contributed by atoms with Crippen LogP contribution < -0.4 is 10.5 Å². The van der Waals surface area contributed by atoms with E-state index < -0.39 is 10.9 Å². The number of oxime groups is 1. The smallest absolute Gasteiger partial charge is 0.365 e. The number of para-hydroxylation sites is 1. The van der Waals surface area contributed by atoms with Crippen molar-refractivity contribution in [3.8, 4) is 5.75 Å². The third-order valence-corrected chi connectivity index (χ3v) is 4.65. The highest BCUT2D eigenvalue weighted by Gasteiger charge is 2.11. The highest BCUT2D eigenvalue weighted by molar-refractivity contribution is 9.10. The van der Waals surface area contributed by atoms with Gasteiger partial charge in [-0.1, -0.05) is 29.4 Å². The lowest BCUT2D eigenvalue weighted by atomic mass is 10.1. The number of hydrogen-bond acceptors (Lipinski definition) is 6. The molecule has 0 aliphatic carbocycles. The zero-order valence-corrected chi connectivity index (χ0v) is 17.1. The standard InChI is InChI=1S/C21H16BrN3O5/c22-18-6-1-2-7-19(18)29-13-14-4-3-5-16(12-14)21(26)30-24-20(23)15-8-10-17(11-9-15)25(27)28/h1-12H,13H2,(H2,23,24). The van der Waals surface area contributed by atoms with Crippen LogP contribution in [0.1, 0.15) is 21.5 Å². The highest BCUT2D eigenvalue weighted by atomic mass is 79.9. The molecule has 0 bridgehead atoms. The van der Waals surface area contributed by atoms with Gasteiger partial charge in [-0.15, -0.1) is 0 Å². The minimum absolute atomic E-state index is 0.0772. The van der Waals surface area contributed by atoms with E-state index in [2.05, 4.69) is 21.1 Å². The molecule has 30 heavy (non-hydrogen) atoms. The molecule has 0 atom stereocenters. The fourth-order valence-corrected chi connectivity index (χ4v) is 2.86. The SMILES string of the molecule is N/C(=N\OC(=O)c1cccc(COc2ccccc2Br)c1)c1ccc([N+](=O)[O-])cc1. The summed E-state index contributed by atoms with van der Waals surface area (Å²) in [6.45, 7) is 0.262. The van der Waals surface area contributed by atoms with Gasteiger partial charge >= 0.3 is 5.97 Å². The Morgan fingerprint density at radius 1 is 1.03 bits per heavy atom. The number of rotatable bonds is 7. The lowest BCUT2D eigenvalue weighted by molar-refractivity contribution is -0.384. The molecule has 3 aromatic rings. The van der Waals surface area contributed by atoms with E-state index in [0.717, 1.165) is 10.0 Å². The lowest BCUT2D eigenvalue weighted by Crippen LogP contribution is -2.15. The summed E-state index contributed by atoms with van der Waals surface area (Å²) in [4.78, 5) is 27.3. The van der Waals surface area contributed by atoms with Crippen LogP contribution >= 0.6 is 15.9 Å². The van der Waals surface area contributed by atoms with Crippen molar-refractivity contribution < 1.29 is 19.3 Å². The fraction of sp³-hybridized carbons (Fsp3) is 0.0476. The maximum absolute atomic E-state index is 12.3. The summed E-state index contributed by atoms with van der Waals surface area (Å²) in [5.74, 6) is -0.0831. The molecule has 0 aliphatic heterocycles. The molecular formula is C21H16BrN3O5. The molecule has 0 saturated carbocycles. The Bertz CT molecular complexity index is 1100. The molecule has 0 saturated heterocycles. The summed E-state index contributed by atoms with van der Waals surface area (Å²) in [6, 6.07) is 19.6. The second-order valence-corrected chi connectivity index (χ2v) is 6.93. The van der Waals surface area contributed by atoms with Gasteiger partial charge < -0.3 is 15.3 Å². The Hall–Kier alpha value is -3.72. The number of nitrogens with two attached hydrogens (primary N) is 1. The molecule has 0 spiro atoms. The summed E-state index contributed by atoms with van der Waals surface area (Å²) in [5.41, 5.74) is 7.15. The summed E-state index contributed by atoms with van der Waals surface area (Å²) >= 11 is 3.41. The Kier molecular flexibility index (Phi) is 6.76. The first kappa shape index (κ1) is 21.0. The van der Waals surface area contributed by atoms with Gasteiger partial charge in [-0.2, -0.15) is 0 Å². The van der Waals surface area contributed by atoms with Crippen LogP contribution in [0.4, 0.5) is 5.69 Å². The van der Waals surface area contributed by atoms with Crippen molar-refractivity contribution in [2.75, 3.05) is 0 Å². The first-order valence-electron chi connectivity index (χ1n) is 8.70. The van der Waals surface area contributed by atoms with Gasteiger partial charge in [0.1, 0.15) is 12.4 Å². The summed E-state index contributed by atoms with van der Waals surface area (Å²) < 4.78 is 6.58. The molecular weight excluding hydrogens is 454 g/mol. The number of hydrogen-bond donors (Lipinski definition) is 1. The van der Waals surface area contributed by atoms with Gasteiger partial charge in [0.05, 0.1) is 15.0 Å². The molecule has 2 N–H and O–H groups in total. The second-order valence-electron chi connectivity index (χ2n) is 6.08. The number of non-ortho nitro benzene ring substituents is 1. The third-order valence-electron chi connectivity index (χ3n) is 3.99. The Balaban J connectivity index is 1.63. The molecule has 0 aliphatic rings. The largest absolute Gasteiger partial charge is 0.488 e. The number of nitrogens with zero attached hydrogens (tertiary/aromatic N) is 2. The van der Waals surface area contributed by atoms with Gasteiger partial charge in [0, 0.05) is 17.7 Å². The van der Waals surface area contributed by atoms with Crippen LogP contribution in [0.25, 0.3) is 0 Å². The molecule has 9 heteroatoms. The predicted molar refractivity (Wildman–Crippen MR) is 114 cm³/mol. The molecule has 0 unspecified atom stereocenters. The van der Waals surface area contributed by atoms with E-state index in [1.807, 2.05) is 30.3 Å². The number of benzene rings is 3. The second kappa shape index (κ2) is 9.66. The van der Waals surface area contributed by atoms with Crippen molar-refractivity contribution >= 4 is 33.4 Å². The summed E-state index contributed by atoms with van der Waals surface area (Å²) in [7, 11) is 0. The number of halogens is 1. The van der Waals surface area contributed by atoms with E-state index in [0.29, 0.717) is 11.3 Å². The average molecular weight is 470 g/mol. The minimum Gasteiger partial charge on any atom is -0.488 e. The van der Waals surface area contributed by atoms with Crippen LogP contribution in [0.15, 0.2) is 82.4 Å². The average Bonchev–Trinajstić information content (AvgIpc) is 2.77.